The standard InChI is InChI=1S/C11H11NO2/c13-11-9-6-10-8(2-4-14-10)5-7(9)1-3-12-11/h5-6H,1-4H2,(H,12,13). The Morgan fingerprint density at radius 3 is 3.07 bits per heavy atom. The maximum atomic E-state index is 11.5. The highest BCUT2D eigenvalue weighted by atomic mass is 16.5. The average molecular weight is 189 g/mol. The summed E-state index contributed by atoms with van der Waals surface area (Å²) in [5, 5.41) is 2.83. The Kier molecular flexibility index (Phi) is 1.54. The highest BCUT2D eigenvalue weighted by Crippen LogP contribution is 2.29. The lowest BCUT2D eigenvalue weighted by Crippen LogP contribution is -2.31. The number of carbonyl (C=O) groups is 1. The minimum atomic E-state index is 0.0320. The van der Waals surface area contributed by atoms with Crippen LogP contribution in [0.15, 0.2) is 12.1 Å². The van der Waals surface area contributed by atoms with E-state index >= 15 is 0 Å². The fourth-order valence-electron chi connectivity index (χ4n) is 2.10. The molecular formula is C11H11NO2. The number of amides is 1. The van der Waals surface area contributed by atoms with Gasteiger partial charge in [-0.2, -0.15) is 0 Å². The van der Waals surface area contributed by atoms with Crippen molar-refractivity contribution in [2.24, 2.45) is 0 Å². The number of rotatable bonds is 0. The molecule has 1 amide bonds. The third-order valence-electron chi connectivity index (χ3n) is 2.84. The predicted octanol–water partition coefficient (Wildman–Crippen LogP) is 0.907. The Morgan fingerprint density at radius 2 is 2.14 bits per heavy atom. The topological polar surface area (TPSA) is 38.3 Å². The van der Waals surface area contributed by atoms with Crippen molar-refractivity contribution >= 4 is 5.91 Å². The zero-order chi connectivity index (χ0) is 9.54. The van der Waals surface area contributed by atoms with Crippen LogP contribution in [0, 0.1) is 0 Å². The van der Waals surface area contributed by atoms with Gasteiger partial charge in [0, 0.05) is 18.5 Å². The van der Waals surface area contributed by atoms with E-state index in [0.29, 0.717) is 0 Å². The zero-order valence-corrected chi connectivity index (χ0v) is 7.80. The number of carbonyl (C=O) groups excluding carboxylic acids is 1. The molecule has 0 unspecified atom stereocenters. The largest absolute Gasteiger partial charge is 0.493 e. The van der Waals surface area contributed by atoms with Crippen molar-refractivity contribution in [3.8, 4) is 5.75 Å². The SMILES string of the molecule is O=C1NCCc2cc3c(cc21)OCC3. The molecule has 3 heteroatoms. The summed E-state index contributed by atoms with van der Waals surface area (Å²) in [6.07, 6.45) is 1.92. The van der Waals surface area contributed by atoms with E-state index in [1.165, 1.54) is 5.56 Å². The van der Waals surface area contributed by atoms with E-state index in [1.54, 1.807) is 0 Å². The van der Waals surface area contributed by atoms with Gasteiger partial charge >= 0.3 is 0 Å². The minimum Gasteiger partial charge on any atom is -0.493 e. The summed E-state index contributed by atoms with van der Waals surface area (Å²) < 4.78 is 5.43. The second-order valence-electron chi connectivity index (χ2n) is 3.72. The summed E-state index contributed by atoms with van der Waals surface area (Å²) in [4.78, 5) is 11.5. The van der Waals surface area contributed by atoms with E-state index in [0.717, 1.165) is 42.9 Å². The molecule has 0 aliphatic carbocycles. The van der Waals surface area contributed by atoms with Crippen LogP contribution >= 0.6 is 0 Å². The van der Waals surface area contributed by atoms with Gasteiger partial charge in [-0.3, -0.25) is 4.79 Å². The quantitative estimate of drug-likeness (QED) is 0.658. The molecule has 14 heavy (non-hydrogen) atoms. The van der Waals surface area contributed by atoms with Gasteiger partial charge in [-0.1, -0.05) is 6.07 Å². The normalized spacial score (nSPS) is 18.1. The molecule has 0 radical (unpaired) electrons. The van der Waals surface area contributed by atoms with Gasteiger partial charge in [-0.15, -0.1) is 0 Å². The molecule has 0 saturated heterocycles. The van der Waals surface area contributed by atoms with E-state index in [-0.39, 0.29) is 5.91 Å². The van der Waals surface area contributed by atoms with Crippen LogP contribution in [-0.2, 0) is 12.8 Å². The van der Waals surface area contributed by atoms with Crippen LogP contribution in [0.3, 0.4) is 0 Å². The first-order valence-electron chi connectivity index (χ1n) is 4.91. The molecule has 1 aromatic carbocycles. The van der Waals surface area contributed by atoms with Crippen LogP contribution in [0.5, 0.6) is 5.75 Å². The van der Waals surface area contributed by atoms with Crippen LogP contribution in [0.2, 0.25) is 0 Å². The van der Waals surface area contributed by atoms with Crippen molar-refractivity contribution in [3.63, 3.8) is 0 Å². The molecule has 3 rings (SSSR count). The average Bonchev–Trinajstić information content (AvgIpc) is 2.62. The molecule has 0 spiro atoms. The van der Waals surface area contributed by atoms with Gasteiger partial charge in [0.25, 0.3) is 5.91 Å². The minimum absolute atomic E-state index is 0.0320. The van der Waals surface area contributed by atoms with Crippen LogP contribution in [0.25, 0.3) is 0 Å². The van der Waals surface area contributed by atoms with Gasteiger partial charge in [-0.05, 0) is 23.6 Å². The van der Waals surface area contributed by atoms with Crippen molar-refractivity contribution in [1.29, 1.82) is 0 Å². The van der Waals surface area contributed by atoms with Gasteiger partial charge in [0.05, 0.1) is 6.61 Å². The zero-order valence-electron chi connectivity index (χ0n) is 7.80. The fraction of sp³-hybridized carbons (Fsp3) is 0.364. The third-order valence-corrected chi connectivity index (χ3v) is 2.84. The van der Waals surface area contributed by atoms with Gasteiger partial charge in [0.2, 0.25) is 0 Å². The first kappa shape index (κ1) is 7.85. The van der Waals surface area contributed by atoms with Crippen molar-refractivity contribution in [1.82, 2.24) is 5.32 Å². The maximum absolute atomic E-state index is 11.5. The van der Waals surface area contributed by atoms with Crippen LogP contribution in [0.4, 0.5) is 0 Å². The number of ether oxygens (including phenoxy) is 1. The molecule has 2 aliphatic heterocycles. The second kappa shape index (κ2) is 2.74. The van der Waals surface area contributed by atoms with Crippen molar-refractivity contribution in [2.45, 2.75) is 12.8 Å². The van der Waals surface area contributed by atoms with E-state index in [9.17, 15) is 4.79 Å². The van der Waals surface area contributed by atoms with E-state index in [2.05, 4.69) is 11.4 Å². The third kappa shape index (κ3) is 1.02. The van der Waals surface area contributed by atoms with E-state index in [4.69, 9.17) is 4.74 Å². The van der Waals surface area contributed by atoms with Crippen molar-refractivity contribution in [3.05, 3.63) is 28.8 Å². The first-order valence-corrected chi connectivity index (χ1v) is 4.91. The Morgan fingerprint density at radius 1 is 1.21 bits per heavy atom. The molecule has 0 bridgehead atoms. The van der Waals surface area contributed by atoms with Gasteiger partial charge in [0.1, 0.15) is 5.75 Å². The highest BCUT2D eigenvalue weighted by Gasteiger charge is 2.21. The summed E-state index contributed by atoms with van der Waals surface area (Å²) in [7, 11) is 0. The summed E-state index contributed by atoms with van der Waals surface area (Å²) in [5.74, 6) is 0.922. The Balaban J connectivity index is 2.17. The highest BCUT2D eigenvalue weighted by molar-refractivity contribution is 5.97. The first-order chi connectivity index (χ1) is 6.84. The number of benzene rings is 1. The van der Waals surface area contributed by atoms with Gasteiger partial charge in [-0.25, -0.2) is 0 Å². The van der Waals surface area contributed by atoms with Crippen molar-refractivity contribution in [2.75, 3.05) is 13.2 Å². The van der Waals surface area contributed by atoms with E-state index in [1.807, 2.05) is 6.07 Å². The van der Waals surface area contributed by atoms with Crippen LogP contribution in [0.1, 0.15) is 21.5 Å². The molecule has 2 heterocycles. The van der Waals surface area contributed by atoms with Crippen LogP contribution < -0.4 is 10.1 Å². The molecule has 0 atom stereocenters. The molecule has 1 aromatic rings. The number of hydrogen-bond acceptors (Lipinski definition) is 2. The number of fused-ring (bicyclic) bond motifs is 2. The molecular weight excluding hydrogens is 178 g/mol. The van der Waals surface area contributed by atoms with Crippen LogP contribution in [-0.4, -0.2) is 19.1 Å². The molecule has 72 valence electrons. The lowest BCUT2D eigenvalue weighted by atomic mass is 9.97. The summed E-state index contributed by atoms with van der Waals surface area (Å²) in [6, 6.07) is 4.00. The molecule has 0 saturated carbocycles. The molecule has 1 N–H and O–H groups in total. The summed E-state index contributed by atoms with van der Waals surface area (Å²) >= 11 is 0. The fourth-order valence-corrected chi connectivity index (χ4v) is 2.10. The van der Waals surface area contributed by atoms with Crippen molar-refractivity contribution < 1.29 is 9.53 Å². The number of nitrogens with one attached hydrogen (secondary N) is 1. The van der Waals surface area contributed by atoms with E-state index < -0.39 is 0 Å². The molecule has 3 nitrogen and oxygen atoms in total. The van der Waals surface area contributed by atoms with Gasteiger partial charge in [0.15, 0.2) is 0 Å². The maximum Gasteiger partial charge on any atom is 0.251 e. The molecule has 2 aliphatic rings. The second-order valence-corrected chi connectivity index (χ2v) is 3.72. The smallest absolute Gasteiger partial charge is 0.251 e. The Hall–Kier alpha value is -1.51. The Bertz CT molecular complexity index is 412. The summed E-state index contributed by atoms with van der Waals surface area (Å²) in [6.45, 7) is 1.51. The molecule has 0 aromatic heterocycles. The lowest BCUT2D eigenvalue weighted by molar-refractivity contribution is 0.0945. The van der Waals surface area contributed by atoms with Gasteiger partial charge < -0.3 is 10.1 Å². The summed E-state index contributed by atoms with van der Waals surface area (Å²) in [5.41, 5.74) is 3.20. The Labute approximate surface area is 82.1 Å². The monoisotopic (exact) mass is 189 g/mol. The lowest BCUT2D eigenvalue weighted by Gasteiger charge is -2.17. The molecule has 0 fully saturated rings. The number of hydrogen-bond donors (Lipinski definition) is 1. The predicted molar refractivity (Wildman–Crippen MR) is 51.7 cm³/mol.